The van der Waals surface area contributed by atoms with Gasteiger partial charge in [0.1, 0.15) is 16.5 Å². The zero-order valence-electron chi connectivity index (χ0n) is 17.7. The lowest BCUT2D eigenvalue weighted by molar-refractivity contribution is -0.116. The number of aryl methyl sites for hydroxylation is 1. The summed E-state index contributed by atoms with van der Waals surface area (Å²) >= 11 is 0. The Morgan fingerprint density at radius 2 is 1.87 bits per heavy atom. The summed E-state index contributed by atoms with van der Waals surface area (Å²) in [6.45, 7) is 2.85. The number of carbonyl (C=O) groups is 2. The van der Waals surface area contributed by atoms with E-state index in [4.69, 9.17) is 4.74 Å². The summed E-state index contributed by atoms with van der Waals surface area (Å²) in [5.41, 5.74) is 1.73. The molecule has 4 rings (SSSR count). The minimum Gasteiger partial charge on any atom is -0.495 e. The Kier molecular flexibility index (Phi) is 5.85. The van der Waals surface area contributed by atoms with Crippen molar-refractivity contribution in [1.29, 1.82) is 0 Å². The topological polar surface area (TPSA) is 111 Å². The molecule has 0 bridgehead atoms. The van der Waals surface area contributed by atoms with Crippen LogP contribution in [0.25, 0.3) is 11.1 Å². The van der Waals surface area contributed by atoms with E-state index in [-0.39, 0.29) is 41.1 Å². The number of carbonyl (C=O) groups excluding carboxylic acids is 2. The molecule has 0 atom stereocenters. The predicted molar refractivity (Wildman–Crippen MR) is 115 cm³/mol. The molecule has 1 amide bonds. The highest BCUT2D eigenvalue weighted by molar-refractivity contribution is 7.89. The van der Waals surface area contributed by atoms with E-state index in [1.54, 1.807) is 18.2 Å². The summed E-state index contributed by atoms with van der Waals surface area (Å²) < 4.78 is 34.9. The molecule has 0 radical (unpaired) electrons. The Hall–Kier alpha value is -2.72. The van der Waals surface area contributed by atoms with Crippen LogP contribution in [0.3, 0.4) is 0 Å². The number of methoxy groups -OCH3 is 1. The van der Waals surface area contributed by atoms with Crippen LogP contribution in [0.1, 0.15) is 49.5 Å². The molecule has 3 heterocycles. The number of hydrogen-bond donors (Lipinski definition) is 1. The van der Waals surface area contributed by atoms with Crippen LogP contribution in [-0.2, 0) is 21.2 Å². The molecule has 1 saturated heterocycles. The summed E-state index contributed by atoms with van der Waals surface area (Å²) in [5, 5.41) is 7.18. The molecule has 0 unspecified atom stereocenters. The molecule has 1 aromatic heterocycles. The van der Waals surface area contributed by atoms with Crippen LogP contribution in [0.15, 0.2) is 23.1 Å². The smallest absolute Gasteiger partial charge is 0.249 e. The highest BCUT2D eigenvalue weighted by atomic mass is 32.2. The van der Waals surface area contributed by atoms with Gasteiger partial charge >= 0.3 is 0 Å². The number of rotatable bonds is 5. The average Bonchev–Trinajstić information content (AvgIpc) is 3.09. The second kappa shape index (κ2) is 8.43. The third kappa shape index (κ3) is 3.85. The van der Waals surface area contributed by atoms with Crippen molar-refractivity contribution in [3.63, 3.8) is 0 Å². The van der Waals surface area contributed by atoms with Gasteiger partial charge in [0.15, 0.2) is 0 Å². The van der Waals surface area contributed by atoms with Crippen molar-refractivity contribution in [2.45, 2.75) is 50.3 Å². The Morgan fingerprint density at radius 1 is 1.13 bits per heavy atom. The van der Waals surface area contributed by atoms with Gasteiger partial charge < -0.3 is 10.1 Å². The van der Waals surface area contributed by atoms with Crippen LogP contribution in [0.2, 0.25) is 0 Å². The molecule has 0 saturated carbocycles. The highest BCUT2D eigenvalue weighted by Crippen LogP contribution is 2.38. The molecule has 2 aliphatic rings. The van der Waals surface area contributed by atoms with Gasteiger partial charge in [0.05, 0.1) is 12.8 Å². The fourth-order valence-electron chi connectivity index (χ4n) is 4.11. The van der Waals surface area contributed by atoms with E-state index < -0.39 is 10.0 Å². The Morgan fingerprint density at radius 3 is 2.55 bits per heavy atom. The van der Waals surface area contributed by atoms with Gasteiger partial charge in [-0.25, -0.2) is 8.42 Å². The van der Waals surface area contributed by atoms with E-state index in [0.717, 1.165) is 19.3 Å². The Labute approximate surface area is 181 Å². The first kappa shape index (κ1) is 21.5. The van der Waals surface area contributed by atoms with Crippen molar-refractivity contribution in [3.05, 3.63) is 23.9 Å². The van der Waals surface area contributed by atoms with Crippen LogP contribution in [0, 0.1) is 0 Å². The maximum absolute atomic E-state index is 13.4. The van der Waals surface area contributed by atoms with Gasteiger partial charge in [-0.1, -0.05) is 19.4 Å². The molecule has 166 valence electrons. The van der Waals surface area contributed by atoms with Crippen LogP contribution in [0.4, 0.5) is 5.82 Å². The molecule has 2 aliphatic heterocycles. The average molecular weight is 447 g/mol. The lowest BCUT2D eigenvalue weighted by Crippen LogP contribution is -2.35. The van der Waals surface area contributed by atoms with Crippen molar-refractivity contribution in [1.82, 2.24) is 14.1 Å². The summed E-state index contributed by atoms with van der Waals surface area (Å²) in [7, 11) is -2.32. The summed E-state index contributed by atoms with van der Waals surface area (Å²) in [6, 6.07) is 4.89. The number of fused-ring (bicyclic) bond motifs is 1. The van der Waals surface area contributed by atoms with Gasteiger partial charge in [0.25, 0.3) is 0 Å². The van der Waals surface area contributed by atoms with Gasteiger partial charge in [-0.05, 0) is 37.0 Å². The maximum Gasteiger partial charge on any atom is 0.249 e. The second-order valence-corrected chi connectivity index (χ2v) is 9.61. The van der Waals surface area contributed by atoms with Gasteiger partial charge in [-0.2, -0.15) is 14.1 Å². The lowest BCUT2D eigenvalue weighted by atomic mass is 10.0. The largest absolute Gasteiger partial charge is 0.495 e. The molecule has 10 heteroatoms. The first-order chi connectivity index (χ1) is 14.9. The van der Waals surface area contributed by atoms with E-state index >= 15 is 0 Å². The number of piperidine rings is 1. The number of nitrogens with one attached hydrogen (secondary N) is 1. The number of nitrogens with zero attached hydrogens (tertiary/aromatic N) is 3. The Balaban J connectivity index is 1.88. The van der Waals surface area contributed by atoms with E-state index in [1.165, 1.54) is 16.1 Å². The third-order valence-corrected chi connectivity index (χ3v) is 7.66. The maximum atomic E-state index is 13.4. The normalized spacial score (nSPS) is 17.7. The van der Waals surface area contributed by atoms with E-state index in [0.29, 0.717) is 36.3 Å². The van der Waals surface area contributed by atoms with Crippen molar-refractivity contribution >= 4 is 27.7 Å². The fraction of sp³-hybridized carbons (Fsp3) is 0.476. The standard InChI is InChI=1S/C21H26N4O5S/c1-3-15-20(21-22-18(26)9-10-19(27)25(21)23-15)14-7-8-16(30-2)17(13-14)31(28,29)24-11-5-4-6-12-24/h7-8,13H,3-6,9-12H2,1-2H3,(H,22,26). The van der Waals surface area contributed by atoms with Gasteiger partial charge in [0, 0.05) is 31.5 Å². The monoisotopic (exact) mass is 446 g/mol. The van der Waals surface area contributed by atoms with Gasteiger partial charge in [-0.15, -0.1) is 0 Å². The number of benzene rings is 1. The van der Waals surface area contributed by atoms with Crippen molar-refractivity contribution < 1.29 is 22.7 Å². The molecule has 1 fully saturated rings. The number of anilines is 1. The SMILES string of the molecule is CCc1nn2c(c1-c1ccc(OC)c(S(=O)(=O)N3CCCCC3)c1)NC(=O)CCC2=O. The molecule has 2 aromatic rings. The number of aromatic nitrogens is 2. The second-order valence-electron chi connectivity index (χ2n) is 7.71. The van der Waals surface area contributed by atoms with Crippen LogP contribution < -0.4 is 10.1 Å². The van der Waals surface area contributed by atoms with Crippen molar-refractivity contribution in [3.8, 4) is 16.9 Å². The molecular weight excluding hydrogens is 420 g/mol. The van der Waals surface area contributed by atoms with Gasteiger partial charge in [-0.3, -0.25) is 9.59 Å². The number of amides is 1. The van der Waals surface area contributed by atoms with Crippen molar-refractivity contribution in [2.24, 2.45) is 0 Å². The zero-order chi connectivity index (χ0) is 22.2. The molecular formula is C21H26N4O5S. The number of ether oxygens (including phenoxy) is 1. The fourth-order valence-corrected chi connectivity index (χ4v) is 5.81. The van der Waals surface area contributed by atoms with E-state index in [2.05, 4.69) is 10.4 Å². The molecule has 0 aliphatic carbocycles. The summed E-state index contributed by atoms with van der Waals surface area (Å²) in [4.78, 5) is 24.7. The molecule has 1 N–H and O–H groups in total. The summed E-state index contributed by atoms with van der Waals surface area (Å²) in [6.07, 6.45) is 3.33. The number of hydrogen-bond acceptors (Lipinski definition) is 6. The third-order valence-electron chi connectivity index (χ3n) is 5.74. The molecule has 1 aromatic carbocycles. The van der Waals surface area contributed by atoms with Crippen LogP contribution in [0.5, 0.6) is 5.75 Å². The Bertz CT molecular complexity index is 1130. The molecule has 9 nitrogen and oxygen atoms in total. The predicted octanol–water partition coefficient (Wildman–Crippen LogP) is 2.67. The van der Waals surface area contributed by atoms with Gasteiger partial charge in [0.2, 0.25) is 21.8 Å². The minimum atomic E-state index is -3.76. The first-order valence-corrected chi connectivity index (χ1v) is 11.9. The highest BCUT2D eigenvalue weighted by Gasteiger charge is 2.31. The van der Waals surface area contributed by atoms with E-state index in [1.807, 2.05) is 6.92 Å². The summed E-state index contributed by atoms with van der Waals surface area (Å²) in [5.74, 6) is -0.00358. The zero-order valence-corrected chi connectivity index (χ0v) is 18.5. The first-order valence-electron chi connectivity index (χ1n) is 10.5. The number of sulfonamides is 1. The van der Waals surface area contributed by atoms with Crippen molar-refractivity contribution in [2.75, 3.05) is 25.5 Å². The minimum absolute atomic E-state index is 0.0698. The van der Waals surface area contributed by atoms with E-state index in [9.17, 15) is 18.0 Å². The van der Waals surface area contributed by atoms with Crippen LogP contribution in [-0.4, -0.2) is 54.5 Å². The molecule has 31 heavy (non-hydrogen) atoms. The van der Waals surface area contributed by atoms with Crippen LogP contribution >= 0.6 is 0 Å². The lowest BCUT2D eigenvalue weighted by Gasteiger charge is -2.26. The quantitative estimate of drug-likeness (QED) is 0.756. The molecule has 0 spiro atoms.